The Morgan fingerprint density at radius 1 is 1.33 bits per heavy atom. The van der Waals surface area contributed by atoms with Crippen LogP contribution in [0.3, 0.4) is 0 Å². The summed E-state index contributed by atoms with van der Waals surface area (Å²) in [5, 5.41) is 14.7. The van der Waals surface area contributed by atoms with E-state index in [1.165, 1.54) is 4.52 Å². The van der Waals surface area contributed by atoms with E-state index in [4.69, 9.17) is 5.73 Å². The van der Waals surface area contributed by atoms with Crippen molar-refractivity contribution in [3.05, 3.63) is 23.9 Å². The van der Waals surface area contributed by atoms with E-state index in [0.29, 0.717) is 11.2 Å². The van der Waals surface area contributed by atoms with Gasteiger partial charge in [-0.1, -0.05) is 6.07 Å². The third-order valence-electron chi connectivity index (χ3n) is 4.16. The molecule has 3 rings (SSSR count). The molecule has 1 aliphatic rings. The van der Waals surface area contributed by atoms with Crippen LogP contribution >= 0.6 is 0 Å². The zero-order valence-corrected chi connectivity index (χ0v) is 11.1. The van der Waals surface area contributed by atoms with Crippen LogP contribution in [0.1, 0.15) is 31.2 Å². The Morgan fingerprint density at radius 2 is 2.00 bits per heavy atom. The van der Waals surface area contributed by atoms with Crippen molar-refractivity contribution in [2.24, 2.45) is 5.92 Å². The van der Waals surface area contributed by atoms with Gasteiger partial charge in [0.05, 0.1) is 11.5 Å². The highest BCUT2D eigenvalue weighted by molar-refractivity contribution is 5.52. The van der Waals surface area contributed by atoms with Gasteiger partial charge in [0.2, 0.25) is 5.95 Å². The largest absolute Gasteiger partial charge is 0.391 e. The second kappa shape index (κ2) is 4.59. The Labute approximate surface area is 118 Å². The van der Waals surface area contributed by atoms with E-state index in [9.17, 15) is 18.3 Å². The number of rotatable bonds is 1. The van der Waals surface area contributed by atoms with E-state index in [1.54, 1.807) is 18.3 Å². The molecule has 0 bridgehead atoms. The molecule has 2 aromatic heterocycles. The van der Waals surface area contributed by atoms with Gasteiger partial charge in [0.25, 0.3) is 0 Å². The lowest BCUT2D eigenvalue weighted by Crippen LogP contribution is -2.36. The Balaban J connectivity index is 1.92. The summed E-state index contributed by atoms with van der Waals surface area (Å²) in [6.07, 6.45) is -2.66. The van der Waals surface area contributed by atoms with Crippen molar-refractivity contribution in [2.75, 3.05) is 5.73 Å². The number of nitrogen functional groups attached to an aromatic ring is 1. The van der Waals surface area contributed by atoms with Crippen LogP contribution in [-0.2, 0) is 5.60 Å². The molecule has 1 aliphatic carbocycles. The minimum absolute atomic E-state index is 0.0453. The Morgan fingerprint density at radius 3 is 2.62 bits per heavy atom. The predicted octanol–water partition coefficient (Wildman–Crippen LogP) is 2.25. The first-order chi connectivity index (χ1) is 9.79. The average molecular weight is 300 g/mol. The van der Waals surface area contributed by atoms with Crippen molar-refractivity contribution in [3.8, 4) is 0 Å². The van der Waals surface area contributed by atoms with Crippen molar-refractivity contribution < 1.29 is 18.3 Å². The third kappa shape index (κ3) is 2.44. The monoisotopic (exact) mass is 300 g/mol. The third-order valence-corrected chi connectivity index (χ3v) is 4.16. The topological polar surface area (TPSA) is 76.4 Å². The molecule has 0 radical (unpaired) electrons. The molecule has 21 heavy (non-hydrogen) atoms. The number of hydrogen-bond acceptors (Lipinski definition) is 4. The lowest BCUT2D eigenvalue weighted by Gasteiger charge is -2.36. The lowest BCUT2D eigenvalue weighted by molar-refractivity contribution is -0.193. The highest BCUT2D eigenvalue weighted by Crippen LogP contribution is 2.45. The quantitative estimate of drug-likeness (QED) is 0.847. The molecule has 5 nitrogen and oxygen atoms in total. The van der Waals surface area contributed by atoms with Crippen molar-refractivity contribution in [1.82, 2.24) is 14.6 Å². The first-order valence-electron chi connectivity index (χ1n) is 6.70. The Kier molecular flexibility index (Phi) is 3.09. The number of alkyl halides is 3. The molecule has 1 saturated carbocycles. The van der Waals surface area contributed by atoms with E-state index in [1.807, 2.05) is 0 Å². The highest BCUT2D eigenvalue weighted by Gasteiger charge is 2.46. The molecular formula is C13H15F3N4O. The van der Waals surface area contributed by atoms with Crippen molar-refractivity contribution in [1.29, 1.82) is 0 Å². The number of halogens is 3. The summed E-state index contributed by atoms with van der Waals surface area (Å²) in [4.78, 5) is 4.05. The van der Waals surface area contributed by atoms with Crippen LogP contribution in [0.4, 0.5) is 19.1 Å². The molecule has 0 aromatic carbocycles. The molecular weight excluding hydrogens is 285 g/mol. The normalized spacial score (nSPS) is 27.1. The van der Waals surface area contributed by atoms with Gasteiger partial charge >= 0.3 is 6.18 Å². The summed E-state index contributed by atoms with van der Waals surface area (Å²) in [5.74, 6) is -1.28. The first kappa shape index (κ1) is 14.1. The summed E-state index contributed by atoms with van der Waals surface area (Å²) in [7, 11) is 0. The second-order valence-corrected chi connectivity index (χ2v) is 5.51. The summed E-state index contributed by atoms with van der Waals surface area (Å²) >= 11 is 0. The molecule has 2 heterocycles. The van der Waals surface area contributed by atoms with Crippen molar-refractivity contribution in [2.45, 2.75) is 37.5 Å². The molecule has 2 aromatic rings. The molecule has 0 spiro atoms. The number of aliphatic hydroxyl groups is 1. The van der Waals surface area contributed by atoms with Crippen LogP contribution in [0, 0.1) is 5.92 Å². The zero-order chi connectivity index (χ0) is 15.3. The summed E-state index contributed by atoms with van der Waals surface area (Å²) < 4.78 is 39.6. The number of hydrogen-bond donors (Lipinski definition) is 2. The van der Waals surface area contributed by atoms with E-state index in [-0.39, 0.29) is 31.6 Å². The van der Waals surface area contributed by atoms with Crippen molar-refractivity contribution >= 4 is 11.6 Å². The van der Waals surface area contributed by atoms with E-state index >= 15 is 0 Å². The standard InChI is InChI=1S/C13H15F3N4O/c14-13(15,16)8-3-5-12(21,6-4-8)9-2-1-7-20-10(9)18-11(17)19-20/h1-2,7-8,21H,3-6H2,(H2,17,19). The van der Waals surface area contributed by atoms with Gasteiger partial charge in [-0.15, -0.1) is 5.10 Å². The molecule has 0 amide bonds. The number of nitrogens with zero attached hydrogens (tertiary/aromatic N) is 3. The number of fused-ring (bicyclic) bond motifs is 1. The second-order valence-electron chi connectivity index (χ2n) is 5.51. The first-order valence-corrected chi connectivity index (χ1v) is 6.70. The SMILES string of the molecule is Nc1nc2c(C3(O)CCC(C(F)(F)F)CC3)cccn2n1. The fourth-order valence-electron chi connectivity index (χ4n) is 2.98. The van der Waals surface area contributed by atoms with Crippen LogP contribution in [0.15, 0.2) is 18.3 Å². The Hall–Kier alpha value is -1.83. The fraction of sp³-hybridized carbons (Fsp3) is 0.538. The number of nitrogens with two attached hydrogens (primary N) is 1. The Bertz CT molecular complexity index is 659. The van der Waals surface area contributed by atoms with Crippen LogP contribution in [0.2, 0.25) is 0 Å². The molecule has 0 aliphatic heterocycles. The smallest absolute Gasteiger partial charge is 0.385 e. The number of aromatic nitrogens is 3. The molecule has 0 unspecified atom stereocenters. The zero-order valence-electron chi connectivity index (χ0n) is 11.1. The van der Waals surface area contributed by atoms with Crippen LogP contribution in [-0.4, -0.2) is 25.9 Å². The van der Waals surface area contributed by atoms with Gasteiger partial charge < -0.3 is 10.8 Å². The number of anilines is 1. The predicted molar refractivity (Wildman–Crippen MR) is 69.3 cm³/mol. The van der Waals surface area contributed by atoms with Gasteiger partial charge in [0.1, 0.15) is 0 Å². The fourth-order valence-corrected chi connectivity index (χ4v) is 2.98. The number of pyridine rings is 1. The summed E-state index contributed by atoms with van der Waals surface area (Å²) in [6.45, 7) is 0. The molecule has 0 atom stereocenters. The molecule has 1 fully saturated rings. The summed E-state index contributed by atoms with van der Waals surface area (Å²) in [5.41, 5.74) is 5.10. The van der Waals surface area contributed by atoms with Crippen LogP contribution < -0.4 is 5.73 Å². The summed E-state index contributed by atoms with van der Waals surface area (Å²) in [6, 6.07) is 3.33. The van der Waals surface area contributed by atoms with Gasteiger partial charge in [0, 0.05) is 11.8 Å². The molecule has 3 N–H and O–H groups in total. The van der Waals surface area contributed by atoms with Crippen LogP contribution in [0.5, 0.6) is 0 Å². The van der Waals surface area contributed by atoms with E-state index in [2.05, 4.69) is 10.1 Å². The van der Waals surface area contributed by atoms with Gasteiger partial charge in [-0.05, 0) is 31.7 Å². The lowest BCUT2D eigenvalue weighted by atomic mass is 9.75. The van der Waals surface area contributed by atoms with Gasteiger partial charge in [-0.3, -0.25) is 0 Å². The minimum Gasteiger partial charge on any atom is -0.385 e. The van der Waals surface area contributed by atoms with Gasteiger partial charge in [-0.25, -0.2) is 4.52 Å². The average Bonchev–Trinajstić information content (AvgIpc) is 2.77. The highest BCUT2D eigenvalue weighted by atomic mass is 19.4. The minimum atomic E-state index is -4.20. The maximum atomic E-state index is 12.7. The molecule has 8 heteroatoms. The van der Waals surface area contributed by atoms with E-state index < -0.39 is 17.7 Å². The van der Waals surface area contributed by atoms with Crippen LogP contribution in [0.25, 0.3) is 5.65 Å². The van der Waals surface area contributed by atoms with Gasteiger partial charge in [0.15, 0.2) is 5.65 Å². The van der Waals surface area contributed by atoms with Crippen molar-refractivity contribution in [3.63, 3.8) is 0 Å². The molecule has 114 valence electrons. The maximum Gasteiger partial charge on any atom is 0.391 e. The van der Waals surface area contributed by atoms with Gasteiger partial charge in [-0.2, -0.15) is 18.2 Å². The maximum absolute atomic E-state index is 12.7. The van der Waals surface area contributed by atoms with E-state index in [0.717, 1.165) is 0 Å². The molecule has 0 saturated heterocycles.